The van der Waals surface area contributed by atoms with Crippen LogP contribution in [0.3, 0.4) is 0 Å². The van der Waals surface area contributed by atoms with Gasteiger partial charge < -0.3 is 55.6 Å². The minimum absolute atomic E-state index is 0.0214. The number of nitrogens with zero attached hydrogens (tertiary/aromatic N) is 7. The van der Waals surface area contributed by atoms with Crippen LogP contribution in [0.25, 0.3) is 0 Å². The summed E-state index contributed by atoms with van der Waals surface area (Å²) in [5, 5.41) is 10.9. The maximum Gasteiger partial charge on any atom is 0.417 e. The molecule has 22 nitrogen and oxygen atoms in total. The second-order valence-electron chi connectivity index (χ2n) is 26.8. The highest BCUT2D eigenvalue weighted by atomic mass is 35.5. The molecule has 11 amide bonds. The number of carbonyl (C=O) groups is 11. The van der Waals surface area contributed by atoms with E-state index in [1.165, 1.54) is 89.5 Å². The molecule has 1 saturated carbocycles. The molecule has 2 unspecified atom stereocenters. The van der Waals surface area contributed by atoms with E-state index in [0.717, 1.165) is 44.2 Å². The molecule has 26 heteroatoms. The molecule has 4 N–H and O–H groups in total. The Bertz CT molecular complexity index is 2840. The molecule has 4 heterocycles. The van der Waals surface area contributed by atoms with Crippen LogP contribution >= 0.6 is 11.6 Å². The lowest BCUT2D eigenvalue weighted by atomic mass is 9.75. The van der Waals surface area contributed by atoms with Gasteiger partial charge >= 0.3 is 6.18 Å². The van der Waals surface area contributed by atoms with Crippen molar-refractivity contribution in [1.82, 2.24) is 55.6 Å². The molecule has 4 aliphatic heterocycles. The molecule has 508 valence electrons. The van der Waals surface area contributed by atoms with Crippen LogP contribution < -0.4 is 21.3 Å². The van der Waals surface area contributed by atoms with Gasteiger partial charge in [-0.05, 0) is 120 Å². The second kappa shape index (κ2) is 31.9. The van der Waals surface area contributed by atoms with E-state index < -0.39 is 142 Å². The van der Waals surface area contributed by atoms with Gasteiger partial charge in [0.25, 0.3) is 0 Å². The van der Waals surface area contributed by atoms with Gasteiger partial charge in [0.05, 0.1) is 10.6 Å². The van der Waals surface area contributed by atoms with E-state index in [9.17, 15) is 56.3 Å². The predicted octanol–water partition coefficient (Wildman–Crippen LogP) is 5.30. The Morgan fingerprint density at radius 2 is 1.27 bits per heavy atom. The number of halogens is 4. The summed E-state index contributed by atoms with van der Waals surface area (Å²) in [6.07, 6.45) is 2.01. The van der Waals surface area contributed by atoms with E-state index in [0.29, 0.717) is 37.7 Å². The van der Waals surface area contributed by atoms with Crippen molar-refractivity contribution in [3.05, 3.63) is 34.3 Å². The lowest BCUT2D eigenvalue weighted by Gasteiger charge is -2.56. The van der Waals surface area contributed by atoms with Crippen molar-refractivity contribution in [3.63, 3.8) is 0 Å². The Kier molecular flexibility index (Phi) is 25.7. The largest absolute Gasteiger partial charge is 0.417 e. The van der Waals surface area contributed by atoms with Crippen LogP contribution in [-0.4, -0.2) is 214 Å². The summed E-state index contributed by atoms with van der Waals surface area (Å²) in [6, 6.07) is -7.67. The third-order valence-corrected chi connectivity index (χ3v) is 20.4. The topological polar surface area (TPSA) is 259 Å². The van der Waals surface area contributed by atoms with Gasteiger partial charge in [0, 0.05) is 73.3 Å². The molecule has 0 radical (unpaired) electrons. The summed E-state index contributed by atoms with van der Waals surface area (Å²) in [4.78, 5) is 168. The number of alkyl halides is 3. The number of hydrogen-bond acceptors (Lipinski definition) is 11. The number of aryl methyl sites for hydroxylation is 1. The summed E-state index contributed by atoms with van der Waals surface area (Å²) in [5.41, 5.74) is -0.711. The lowest BCUT2D eigenvalue weighted by Crippen LogP contribution is -2.73. The summed E-state index contributed by atoms with van der Waals surface area (Å²) in [7, 11) is 7.40. The van der Waals surface area contributed by atoms with Crippen LogP contribution in [0.1, 0.15) is 169 Å². The van der Waals surface area contributed by atoms with Crippen molar-refractivity contribution in [2.45, 2.75) is 237 Å². The predicted molar refractivity (Wildman–Crippen MR) is 335 cm³/mol. The molecular formula is C65H99ClF3N11O11. The van der Waals surface area contributed by atoms with E-state index in [2.05, 4.69) is 21.3 Å². The van der Waals surface area contributed by atoms with Crippen molar-refractivity contribution in [2.24, 2.45) is 23.7 Å². The average Bonchev–Trinajstić information content (AvgIpc) is 1.02. The molecule has 1 aromatic carbocycles. The number of rotatable bonds is 8. The molecule has 5 aliphatic rings. The fraction of sp³-hybridized carbons (Fsp3) is 0.738. The van der Waals surface area contributed by atoms with E-state index >= 15 is 9.59 Å². The first-order chi connectivity index (χ1) is 42.7. The van der Waals surface area contributed by atoms with Crippen LogP contribution in [0.2, 0.25) is 5.02 Å². The number of hydrogen-bond donors (Lipinski definition) is 4. The van der Waals surface area contributed by atoms with Crippen molar-refractivity contribution >= 4 is 76.6 Å². The number of piperidine rings is 1. The van der Waals surface area contributed by atoms with Crippen molar-refractivity contribution in [1.29, 1.82) is 0 Å². The quantitative estimate of drug-likeness (QED) is 0.260. The maximum atomic E-state index is 15.1. The minimum Gasteiger partial charge on any atom is -0.354 e. The average molecular weight is 1300 g/mol. The highest BCUT2D eigenvalue weighted by Gasteiger charge is 2.56. The number of nitrogens with one attached hydrogen (secondary N) is 4. The number of benzene rings is 1. The van der Waals surface area contributed by atoms with Gasteiger partial charge in [-0.15, -0.1) is 0 Å². The summed E-state index contributed by atoms with van der Waals surface area (Å²) in [6.45, 7) is 14.1. The van der Waals surface area contributed by atoms with Gasteiger partial charge in [-0.1, -0.05) is 90.8 Å². The number of likely N-dealkylation sites (N-methyl/N-ethyl adjacent to an activating group) is 5. The van der Waals surface area contributed by atoms with Crippen LogP contribution in [0, 0.1) is 23.7 Å². The first-order valence-corrected chi connectivity index (χ1v) is 33.1. The highest BCUT2D eigenvalue weighted by molar-refractivity contribution is 6.31. The molecule has 0 spiro atoms. The summed E-state index contributed by atoms with van der Waals surface area (Å²) < 4.78 is 41.2. The van der Waals surface area contributed by atoms with Crippen LogP contribution in [0.5, 0.6) is 0 Å². The molecule has 6 rings (SSSR count). The SMILES string of the molecule is CC[C@H](C)[C@@H]1NC(=O)[C@H](C)N(C)C(=O)C[C@@H](C)NC(=O)[C@H](C(C)C)N(C)C(=O)CCCCNC(=O)[C@@H]2CCCN2C(=O)[C@H](CCc2ccc(C(F)(F)F)c(Cl)c2)NC(=O)[C@@H](C)N(C)C(=O)[C@H](CC2CCCCC2)N(C)C(=O)[C@@H]2CC3C(C)C[C@@H](C(=O)N32)N(C)C1=O. The molecule has 1 aromatic rings. The van der Waals surface area contributed by atoms with Crippen LogP contribution in [0.4, 0.5) is 13.2 Å². The smallest absolute Gasteiger partial charge is 0.354 e. The molecule has 1 aliphatic carbocycles. The van der Waals surface area contributed by atoms with Gasteiger partial charge in [0.1, 0.15) is 54.4 Å². The Morgan fingerprint density at radius 1 is 0.626 bits per heavy atom. The molecule has 5 fully saturated rings. The normalized spacial score (nSPS) is 30.2. The summed E-state index contributed by atoms with van der Waals surface area (Å²) in [5.74, 6) is -6.80. The molecule has 4 saturated heterocycles. The van der Waals surface area contributed by atoms with Gasteiger partial charge in [-0.25, -0.2) is 0 Å². The third-order valence-electron chi connectivity index (χ3n) is 20.1. The fourth-order valence-corrected chi connectivity index (χ4v) is 14.0. The van der Waals surface area contributed by atoms with Gasteiger partial charge in [-0.2, -0.15) is 13.2 Å². The monoisotopic (exact) mass is 1300 g/mol. The number of fused-ring (bicyclic) bond motifs is 2. The molecule has 13 atom stereocenters. The van der Waals surface area contributed by atoms with E-state index in [4.69, 9.17) is 11.6 Å². The van der Waals surface area contributed by atoms with E-state index in [1.54, 1.807) is 27.7 Å². The van der Waals surface area contributed by atoms with Gasteiger partial charge in [0.2, 0.25) is 65.0 Å². The first kappa shape index (κ1) is 73.5. The van der Waals surface area contributed by atoms with Crippen molar-refractivity contribution in [2.75, 3.05) is 48.3 Å². The Morgan fingerprint density at radius 3 is 1.90 bits per heavy atom. The zero-order chi connectivity index (χ0) is 67.7. The van der Waals surface area contributed by atoms with E-state index in [-0.39, 0.29) is 87.7 Å². The zero-order valence-electron chi connectivity index (χ0n) is 55.5. The zero-order valence-corrected chi connectivity index (χ0v) is 56.2. The maximum absolute atomic E-state index is 15.1. The number of amides is 11. The molecule has 0 aromatic heterocycles. The molecule has 91 heavy (non-hydrogen) atoms. The minimum atomic E-state index is -4.73. The standard InChI is InChI=1S/C65H99ClF3N11O11/c1-14-37(4)54-64(91)77(12)49-31-38(5)48-35-51(80(48)63(49)90)62(89)76(11)50(34-42-21-16-15-17-22-42)61(88)75(10)41(8)56(83)72-46(28-26-43-25-27-44(45(66)33-43)65(67,68)69)60(87)79-30-20-23-47(79)58(85)70-29-19-18-24-52(81)78(13)55(36(2)3)59(86)71-39(6)32-53(82)74(9)40(7)57(84)73-54/h25,27,33,36-42,46-51,54-55H,14-24,26,28-32,34-35H2,1-13H3,(H,70,85)(H,71,86)(H,72,83)(H,73,84)/t37-,38?,39+,40-,41+,46-,47-,48?,49-,50-,51-,54-,55-/m0/s1. The number of carbonyl (C=O) groups excluding carboxylic acids is 11. The Hall–Kier alpha value is -6.53. The van der Waals surface area contributed by atoms with Crippen molar-refractivity contribution in [3.8, 4) is 0 Å². The third kappa shape index (κ3) is 17.6. The Balaban J connectivity index is 1.31. The molecular weight excluding hydrogens is 1200 g/mol. The fourth-order valence-electron chi connectivity index (χ4n) is 13.7. The highest BCUT2D eigenvalue weighted by Crippen LogP contribution is 2.41. The van der Waals surface area contributed by atoms with Crippen molar-refractivity contribution < 1.29 is 65.9 Å². The Labute approximate surface area is 539 Å². The first-order valence-electron chi connectivity index (χ1n) is 32.7. The summed E-state index contributed by atoms with van der Waals surface area (Å²) >= 11 is 6.11. The van der Waals surface area contributed by atoms with Crippen LogP contribution in [0.15, 0.2) is 18.2 Å². The van der Waals surface area contributed by atoms with E-state index in [1.807, 2.05) is 13.8 Å². The molecule has 2 bridgehead atoms. The van der Waals surface area contributed by atoms with Gasteiger partial charge in [-0.3, -0.25) is 52.7 Å². The van der Waals surface area contributed by atoms with Crippen LogP contribution in [-0.2, 0) is 65.3 Å². The second-order valence-corrected chi connectivity index (χ2v) is 27.2. The lowest BCUT2D eigenvalue weighted by molar-refractivity contribution is -0.175. The van der Waals surface area contributed by atoms with Gasteiger partial charge in [0.15, 0.2) is 0 Å².